The summed E-state index contributed by atoms with van der Waals surface area (Å²) in [7, 11) is 0. The highest BCUT2D eigenvalue weighted by molar-refractivity contribution is 7.80. The lowest BCUT2D eigenvalue weighted by Gasteiger charge is -2.30. The van der Waals surface area contributed by atoms with Gasteiger partial charge in [-0.25, -0.2) is 0 Å². The summed E-state index contributed by atoms with van der Waals surface area (Å²) in [6.45, 7) is 0. The van der Waals surface area contributed by atoms with Gasteiger partial charge in [0, 0.05) is 6.21 Å². The number of benzene rings is 2. The van der Waals surface area contributed by atoms with Crippen molar-refractivity contribution in [3.63, 3.8) is 0 Å². The van der Waals surface area contributed by atoms with E-state index in [1.54, 1.807) is 24.3 Å². The van der Waals surface area contributed by atoms with Crippen molar-refractivity contribution in [1.82, 2.24) is 5.32 Å². The first-order valence-corrected chi connectivity index (χ1v) is 7.66. The summed E-state index contributed by atoms with van der Waals surface area (Å²) in [5.41, 5.74) is 4.14. The van der Waals surface area contributed by atoms with E-state index >= 15 is 0 Å². The number of nitrogens with one attached hydrogen (secondary N) is 2. The molecule has 0 aliphatic carbocycles. The molecule has 0 unspecified atom stereocenters. The van der Waals surface area contributed by atoms with Crippen LogP contribution in [0.15, 0.2) is 65.8 Å². The van der Waals surface area contributed by atoms with Crippen molar-refractivity contribution >= 4 is 46.7 Å². The second kappa shape index (κ2) is 7.01. The van der Waals surface area contributed by atoms with Crippen LogP contribution in [0, 0.1) is 5.92 Å². The number of anilines is 2. The zero-order valence-corrected chi connectivity index (χ0v) is 13.4. The molecule has 24 heavy (non-hydrogen) atoms. The molecule has 7 heteroatoms. The Morgan fingerprint density at radius 1 is 1.04 bits per heavy atom. The fourth-order valence-corrected chi connectivity index (χ4v) is 2.54. The summed E-state index contributed by atoms with van der Waals surface area (Å²) in [5.74, 6) is -1.97. The quantitative estimate of drug-likeness (QED) is 0.388. The zero-order valence-electron chi connectivity index (χ0n) is 12.5. The fraction of sp³-hybridized carbons (Fsp3) is 0.0588. The third-order valence-corrected chi connectivity index (χ3v) is 3.69. The highest BCUT2D eigenvalue weighted by Crippen LogP contribution is 2.19. The van der Waals surface area contributed by atoms with Crippen LogP contribution in [-0.2, 0) is 9.59 Å². The molecule has 0 saturated carbocycles. The van der Waals surface area contributed by atoms with Gasteiger partial charge in [-0.15, -0.1) is 0 Å². The topological polar surface area (TPSA) is 73.8 Å². The Kier molecular flexibility index (Phi) is 4.62. The van der Waals surface area contributed by atoms with Crippen LogP contribution in [-0.4, -0.2) is 23.1 Å². The lowest BCUT2D eigenvalue weighted by molar-refractivity contribution is -0.130. The maximum Gasteiger partial charge on any atom is 0.251 e. The van der Waals surface area contributed by atoms with Gasteiger partial charge in [-0.2, -0.15) is 5.10 Å². The average Bonchev–Trinajstić information content (AvgIpc) is 2.59. The highest BCUT2D eigenvalue weighted by atomic mass is 32.1. The number of para-hydroxylation sites is 2. The Morgan fingerprint density at radius 3 is 2.33 bits per heavy atom. The summed E-state index contributed by atoms with van der Waals surface area (Å²) in [5, 5.41) is 6.59. The van der Waals surface area contributed by atoms with Crippen molar-refractivity contribution in [1.29, 1.82) is 0 Å². The van der Waals surface area contributed by atoms with Crippen molar-refractivity contribution in [2.24, 2.45) is 11.0 Å². The molecule has 2 aromatic rings. The third kappa shape index (κ3) is 3.31. The van der Waals surface area contributed by atoms with Gasteiger partial charge >= 0.3 is 0 Å². The number of thiocarbonyl (C=S) groups is 1. The van der Waals surface area contributed by atoms with Crippen molar-refractivity contribution < 1.29 is 9.59 Å². The second-order valence-electron chi connectivity index (χ2n) is 5.04. The van der Waals surface area contributed by atoms with Crippen LogP contribution >= 0.6 is 12.2 Å². The predicted octanol–water partition coefficient (Wildman–Crippen LogP) is 2.15. The minimum Gasteiger partial charge on any atom is -0.301 e. The van der Waals surface area contributed by atoms with Crippen LogP contribution in [0.2, 0.25) is 0 Å². The molecule has 1 fully saturated rings. The van der Waals surface area contributed by atoms with E-state index in [0.29, 0.717) is 5.69 Å². The first kappa shape index (κ1) is 15.8. The standard InChI is InChI=1S/C17H14N4O2S/c22-15-14(11-18-20-12-7-3-1-4-8-12)16(23)21(17(24)19-15)13-9-5-2-6-10-13/h1-11,14,20H,(H,19,22,24)/b18-11-/t14-/m0/s1. The van der Waals surface area contributed by atoms with Gasteiger partial charge in [0.05, 0.1) is 11.4 Å². The Bertz CT molecular complexity index is 793. The number of carbonyl (C=O) groups is 2. The van der Waals surface area contributed by atoms with E-state index < -0.39 is 17.7 Å². The van der Waals surface area contributed by atoms with Crippen molar-refractivity contribution in [3.8, 4) is 0 Å². The summed E-state index contributed by atoms with van der Waals surface area (Å²) in [6.07, 6.45) is 1.28. The van der Waals surface area contributed by atoms with Crippen molar-refractivity contribution in [2.45, 2.75) is 0 Å². The molecule has 120 valence electrons. The molecule has 0 aromatic heterocycles. The van der Waals surface area contributed by atoms with E-state index in [2.05, 4.69) is 15.8 Å². The predicted molar refractivity (Wildman–Crippen MR) is 96.7 cm³/mol. The number of nitrogens with zero attached hydrogens (tertiary/aromatic N) is 2. The lowest BCUT2D eigenvalue weighted by atomic mass is 10.1. The molecule has 6 nitrogen and oxygen atoms in total. The van der Waals surface area contributed by atoms with Crippen LogP contribution in [0.5, 0.6) is 0 Å². The molecule has 2 N–H and O–H groups in total. The molecule has 0 spiro atoms. The Balaban J connectivity index is 1.78. The molecule has 0 radical (unpaired) electrons. The van der Waals surface area contributed by atoms with Crippen LogP contribution in [0.3, 0.4) is 0 Å². The van der Waals surface area contributed by atoms with Gasteiger partial charge < -0.3 is 5.32 Å². The molecule has 1 atom stereocenters. The van der Waals surface area contributed by atoms with Gasteiger partial charge in [0.25, 0.3) is 5.91 Å². The molecule has 2 amide bonds. The first-order chi connectivity index (χ1) is 11.7. The molecule has 3 rings (SSSR count). The Hall–Kier alpha value is -3.06. The van der Waals surface area contributed by atoms with Gasteiger partial charge in [-0.1, -0.05) is 36.4 Å². The number of rotatable bonds is 4. The molecular weight excluding hydrogens is 324 g/mol. The number of hydrazone groups is 1. The van der Waals surface area contributed by atoms with Crippen LogP contribution in [0.25, 0.3) is 0 Å². The largest absolute Gasteiger partial charge is 0.301 e. The second-order valence-corrected chi connectivity index (χ2v) is 5.42. The number of carbonyl (C=O) groups excluding carboxylic acids is 2. The first-order valence-electron chi connectivity index (χ1n) is 7.25. The summed E-state index contributed by atoms with van der Waals surface area (Å²) >= 11 is 5.12. The summed E-state index contributed by atoms with van der Waals surface area (Å²) < 4.78 is 0. The molecule has 1 aliphatic rings. The molecule has 1 saturated heterocycles. The van der Waals surface area contributed by atoms with E-state index in [1.807, 2.05) is 36.4 Å². The SMILES string of the molecule is O=C1NC(=S)N(c2ccccc2)C(=O)[C@H]1/C=N\Nc1ccccc1. The van der Waals surface area contributed by atoms with Gasteiger partial charge in [0.1, 0.15) is 0 Å². The smallest absolute Gasteiger partial charge is 0.251 e. The lowest BCUT2D eigenvalue weighted by Crippen LogP contribution is -2.58. The number of hydrogen-bond acceptors (Lipinski definition) is 5. The van der Waals surface area contributed by atoms with E-state index in [4.69, 9.17) is 12.2 Å². The highest BCUT2D eigenvalue weighted by Gasteiger charge is 2.38. The van der Waals surface area contributed by atoms with Crippen LogP contribution < -0.4 is 15.6 Å². The summed E-state index contributed by atoms with van der Waals surface area (Å²) in [4.78, 5) is 26.0. The van der Waals surface area contributed by atoms with E-state index in [9.17, 15) is 9.59 Å². The normalized spacial score (nSPS) is 17.9. The maximum absolute atomic E-state index is 12.6. The van der Waals surface area contributed by atoms with Crippen molar-refractivity contribution in [2.75, 3.05) is 10.3 Å². The third-order valence-electron chi connectivity index (χ3n) is 3.41. The molecular formula is C17H14N4O2S. The van der Waals surface area contributed by atoms with Gasteiger partial charge in [-0.05, 0) is 36.5 Å². The average molecular weight is 338 g/mol. The zero-order chi connectivity index (χ0) is 16.9. The maximum atomic E-state index is 12.6. The number of amides is 2. The summed E-state index contributed by atoms with van der Waals surface area (Å²) in [6, 6.07) is 18.2. The molecule has 1 aliphatic heterocycles. The number of hydrogen-bond donors (Lipinski definition) is 2. The van der Waals surface area contributed by atoms with Gasteiger partial charge in [0.15, 0.2) is 11.0 Å². The van der Waals surface area contributed by atoms with E-state index in [0.717, 1.165) is 5.69 Å². The van der Waals surface area contributed by atoms with Gasteiger partial charge in [0.2, 0.25) is 5.91 Å². The molecule has 2 aromatic carbocycles. The Labute approximate surface area is 144 Å². The van der Waals surface area contributed by atoms with Crippen molar-refractivity contribution in [3.05, 3.63) is 60.7 Å². The molecule has 0 bridgehead atoms. The van der Waals surface area contributed by atoms with E-state index in [-0.39, 0.29) is 5.11 Å². The van der Waals surface area contributed by atoms with E-state index in [1.165, 1.54) is 11.1 Å². The van der Waals surface area contributed by atoms with Crippen LogP contribution in [0.1, 0.15) is 0 Å². The minimum atomic E-state index is -1.05. The Morgan fingerprint density at radius 2 is 1.67 bits per heavy atom. The van der Waals surface area contributed by atoms with Gasteiger partial charge in [-0.3, -0.25) is 19.9 Å². The fourth-order valence-electron chi connectivity index (χ4n) is 2.24. The molecule has 1 heterocycles. The monoisotopic (exact) mass is 338 g/mol. The van der Waals surface area contributed by atoms with Crippen LogP contribution in [0.4, 0.5) is 11.4 Å². The minimum absolute atomic E-state index is 0.0665.